The van der Waals surface area contributed by atoms with Gasteiger partial charge < -0.3 is 15.2 Å². The topological polar surface area (TPSA) is 58.6 Å². The van der Waals surface area contributed by atoms with E-state index >= 15 is 0 Å². The van der Waals surface area contributed by atoms with Gasteiger partial charge in [-0.15, -0.1) is 0 Å². The lowest BCUT2D eigenvalue weighted by Crippen LogP contribution is -2.56. The van der Waals surface area contributed by atoms with Gasteiger partial charge in [-0.05, 0) is 59.3 Å². The largest absolute Gasteiger partial charge is 0.444 e. The molecule has 0 radical (unpaired) electrons. The van der Waals surface area contributed by atoms with E-state index in [1.54, 1.807) is 0 Å². The molecule has 0 aromatic heterocycles. The molecule has 98 valence electrons. The van der Waals surface area contributed by atoms with Crippen LogP contribution in [0, 0.1) is 0 Å². The van der Waals surface area contributed by atoms with Gasteiger partial charge in [0.15, 0.2) is 0 Å². The van der Waals surface area contributed by atoms with Gasteiger partial charge in [0.1, 0.15) is 5.60 Å². The molecule has 0 bridgehead atoms. The maximum atomic E-state index is 11.8. The van der Waals surface area contributed by atoms with Gasteiger partial charge >= 0.3 is 6.09 Å². The summed E-state index contributed by atoms with van der Waals surface area (Å²) in [5.41, 5.74) is -1.20. The van der Waals surface area contributed by atoms with Gasteiger partial charge in [-0.1, -0.05) is 0 Å². The molecule has 2 aliphatic rings. The van der Waals surface area contributed by atoms with Crippen LogP contribution in [0.25, 0.3) is 0 Å². The Bertz CT molecular complexity index is 311. The zero-order valence-electron chi connectivity index (χ0n) is 11.0. The summed E-state index contributed by atoms with van der Waals surface area (Å²) in [7, 11) is 0. The van der Waals surface area contributed by atoms with Crippen molar-refractivity contribution in [1.82, 2.24) is 5.32 Å². The third-order valence-corrected chi connectivity index (χ3v) is 3.57. The summed E-state index contributed by atoms with van der Waals surface area (Å²) in [6.45, 7) is 5.57. The third kappa shape index (κ3) is 3.35. The van der Waals surface area contributed by atoms with Crippen molar-refractivity contribution in [2.75, 3.05) is 0 Å². The predicted octanol–water partition coefficient (Wildman–Crippen LogP) is 2.35. The average molecular weight is 241 g/mol. The van der Waals surface area contributed by atoms with Gasteiger partial charge in [-0.2, -0.15) is 0 Å². The van der Waals surface area contributed by atoms with E-state index < -0.39 is 11.2 Å². The fraction of sp³-hybridized carbons (Fsp3) is 0.923. The molecule has 2 N–H and O–H groups in total. The Morgan fingerprint density at radius 2 is 1.88 bits per heavy atom. The van der Waals surface area contributed by atoms with Crippen molar-refractivity contribution < 1.29 is 14.6 Å². The summed E-state index contributed by atoms with van der Waals surface area (Å²) in [6, 6.07) is 0. The zero-order chi connectivity index (χ0) is 12.7. The van der Waals surface area contributed by atoms with Crippen LogP contribution in [0.3, 0.4) is 0 Å². The number of hydrogen-bond acceptors (Lipinski definition) is 3. The Kier molecular flexibility index (Phi) is 2.89. The quantitative estimate of drug-likeness (QED) is 0.797. The first-order valence-electron chi connectivity index (χ1n) is 6.46. The first-order valence-corrected chi connectivity index (χ1v) is 6.46. The monoisotopic (exact) mass is 241 g/mol. The van der Waals surface area contributed by atoms with E-state index in [0.29, 0.717) is 6.42 Å². The summed E-state index contributed by atoms with van der Waals surface area (Å²) in [6.07, 6.45) is 5.07. The van der Waals surface area contributed by atoms with Crippen molar-refractivity contribution in [3.8, 4) is 0 Å². The molecular formula is C13H23NO3. The average Bonchev–Trinajstić information content (AvgIpc) is 2.76. The molecule has 2 rings (SSSR count). The van der Waals surface area contributed by atoms with E-state index in [-0.39, 0.29) is 11.6 Å². The normalized spacial score (nSPS) is 24.7. The number of hydrogen-bond donors (Lipinski definition) is 2. The lowest BCUT2D eigenvalue weighted by Gasteiger charge is -2.44. The molecule has 4 nitrogen and oxygen atoms in total. The van der Waals surface area contributed by atoms with E-state index in [2.05, 4.69) is 5.32 Å². The summed E-state index contributed by atoms with van der Waals surface area (Å²) < 4.78 is 5.27. The minimum atomic E-state index is -0.518. The van der Waals surface area contributed by atoms with Gasteiger partial charge in [0.2, 0.25) is 0 Å². The van der Waals surface area contributed by atoms with Crippen molar-refractivity contribution in [1.29, 1.82) is 0 Å². The van der Waals surface area contributed by atoms with Gasteiger partial charge in [-0.25, -0.2) is 4.79 Å². The molecule has 2 fully saturated rings. The number of nitrogens with one attached hydrogen (secondary N) is 1. The van der Waals surface area contributed by atoms with E-state index in [9.17, 15) is 9.90 Å². The number of alkyl carbamates (subject to hydrolysis) is 1. The minimum absolute atomic E-state index is 0.215. The molecule has 17 heavy (non-hydrogen) atoms. The van der Waals surface area contributed by atoms with Crippen LogP contribution < -0.4 is 5.32 Å². The Morgan fingerprint density at radius 3 is 2.24 bits per heavy atom. The van der Waals surface area contributed by atoms with E-state index in [4.69, 9.17) is 4.74 Å². The summed E-state index contributed by atoms with van der Waals surface area (Å²) in [5.74, 6) is 0. The smallest absolute Gasteiger partial charge is 0.408 e. The Labute approximate surface area is 103 Å². The highest BCUT2D eigenvalue weighted by Gasteiger charge is 2.51. The van der Waals surface area contributed by atoms with Gasteiger partial charge in [0, 0.05) is 5.54 Å². The van der Waals surface area contributed by atoms with Crippen LogP contribution in [0.2, 0.25) is 0 Å². The molecule has 0 aliphatic heterocycles. The van der Waals surface area contributed by atoms with E-state index in [0.717, 1.165) is 32.1 Å². The van der Waals surface area contributed by atoms with Crippen LogP contribution in [0.5, 0.6) is 0 Å². The lowest BCUT2D eigenvalue weighted by molar-refractivity contribution is 0.0222. The number of amides is 1. The highest BCUT2D eigenvalue weighted by Crippen LogP contribution is 2.48. The number of rotatable bonds is 3. The van der Waals surface area contributed by atoms with Crippen molar-refractivity contribution in [3.05, 3.63) is 0 Å². The van der Waals surface area contributed by atoms with Crippen molar-refractivity contribution in [2.45, 2.75) is 76.0 Å². The first kappa shape index (κ1) is 12.7. The molecule has 0 aromatic carbocycles. The molecule has 2 aliphatic carbocycles. The molecule has 0 saturated heterocycles. The molecule has 0 aromatic rings. The van der Waals surface area contributed by atoms with E-state index in [1.807, 2.05) is 20.8 Å². The Hall–Kier alpha value is -0.770. The molecule has 4 heteroatoms. The number of carbonyl (C=O) groups excluding carboxylic acids is 1. The van der Waals surface area contributed by atoms with Crippen LogP contribution >= 0.6 is 0 Å². The molecule has 0 atom stereocenters. The van der Waals surface area contributed by atoms with Crippen LogP contribution in [0.15, 0.2) is 0 Å². The second kappa shape index (κ2) is 3.87. The molecular weight excluding hydrogens is 218 g/mol. The van der Waals surface area contributed by atoms with Crippen molar-refractivity contribution in [3.63, 3.8) is 0 Å². The van der Waals surface area contributed by atoms with Crippen LogP contribution in [-0.4, -0.2) is 27.9 Å². The lowest BCUT2D eigenvalue weighted by atomic mass is 9.72. The Balaban J connectivity index is 1.88. The summed E-state index contributed by atoms with van der Waals surface area (Å²) in [4.78, 5) is 11.8. The summed E-state index contributed by atoms with van der Waals surface area (Å²) in [5, 5.41) is 12.9. The minimum Gasteiger partial charge on any atom is -0.444 e. The SMILES string of the molecule is CC(C)(C)OC(=O)NC1(CC2(O)CC2)CCC1. The van der Waals surface area contributed by atoms with Crippen molar-refractivity contribution in [2.24, 2.45) is 0 Å². The second-order valence-corrected chi connectivity index (χ2v) is 6.66. The Morgan fingerprint density at radius 1 is 1.29 bits per heavy atom. The van der Waals surface area contributed by atoms with Gasteiger partial charge in [0.25, 0.3) is 0 Å². The van der Waals surface area contributed by atoms with Crippen LogP contribution in [0.1, 0.15) is 59.3 Å². The number of carbonyl (C=O) groups is 1. The van der Waals surface area contributed by atoms with E-state index in [1.165, 1.54) is 0 Å². The molecule has 1 amide bonds. The highest BCUT2D eigenvalue weighted by atomic mass is 16.6. The molecule has 2 saturated carbocycles. The predicted molar refractivity (Wildman–Crippen MR) is 64.8 cm³/mol. The first-order chi connectivity index (χ1) is 7.72. The number of ether oxygens (including phenoxy) is 1. The molecule has 0 heterocycles. The standard InChI is InChI=1S/C13H23NO3/c1-11(2,3)17-10(15)14-12(5-4-6-12)9-13(16)7-8-13/h16H,4-9H2,1-3H3,(H,14,15). The van der Waals surface area contributed by atoms with Gasteiger partial charge in [0.05, 0.1) is 5.60 Å². The fourth-order valence-corrected chi connectivity index (χ4v) is 2.42. The van der Waals surface area contributed by atoms with Crippen molar-refractivity contribution >= 4 is 6.09 Å². The molecule has 0 spiro atoms. The van der Waals surface area contributed by atoms with Crippen LogP contribution in [-0.2, 0) is 4.74 Å². The molecule has 0 unspecified atom stereocenters. The number of aliphatic hydroxyl groups is 1. The second-order valence-electron chi connectivity index (χ2n) is 6.66. The fourth-order valence-electron chi connectivity index (χ4n) is 2.42. The van der Waals surface area contributed by atoms with Crippen LogP contribution in [0.4, 0.5) is 4.79 Å². The zero-order valence-corrected chi connectivity index (χ0v) is 11.0. The summed E-state index contributed by atoms with van der Waals surface area (Å²) >= 11 is 0. The highest BCUT2D eigenvalue weighted by molar-refractivity contribution is 5.69. The third-order valence-electron chi connectivity index (χ3n) is 3.57. The maximum Gasteiger partial charge on any atom is 0.408 e. The maximum absolute atomic E-state index is 11.8. The van der Waals surface area contributed by atoms with Gasteiger partial charge in [-0.3, -0.25) is 0 Å².